The van der Waals surface area contributed by atoms with Crippen LogP contribution >= 0.6 is 0 Å². The molecule has 0 saturated carbocycles. The SMILES string of the molecule is CC(C(O)c1ccccc1)N(C)CC1CC(c2ccc(CO)cc2)OC(c2ccc(CNC(=O)CCCCCC(=O)NO)cc2)O1. The van der Waals surface area contributed by atoms with Gasteiger partial charge in [-0.3, -0.25) is 19.7 Å². The quantitative estimate of drug-likeness (QED) is 0.0857. The molecule has 0 bridgehead atoms. The lowest BCUT2D eigenvalue weighted by Gasteiger charge is -2.39. The Labute approximate surface area is 271 Å². The van der Waals surface area contributed by atoms with Crippen molar-refractivity contribution in [2.45, 2.75) is 89.2 Å². The van der Waals surface area contributed by atoms with Gasteiger partial charge in [0.2, 0.25) is 11.8 Å². The van der Waals surface area contributed by atoms with Crippen molar-refractivity contribution in [1.29, 1.82) is 0 Å². The molecule has 5 unspecified atom stereocenters. The molecule has 3 aromatic rings. The van der Waals surface area contributed by atoms with Crippen molar-refractivity contribution >= 4 is 11.8 Å². The first-order valence-electron chi connectivity index (χ1n) is 16.0. The minimum absolute atomic E-state index is 0.0229. The van der Waals surface area contributed by atoms with Crippen LogP contribution in [0.25, 0.3) is 0 Å². The lowest BCUT2D eigenvalue weighted by atomic mass is 9.98. The number of unbranched alkanes of at least 4 members (excludes halogenated alkanes) is 2. The molecule has 5 atom stereocenters. The second kappa shape index (κ2) is 17.9. The third-order valence-corrected chi connectivity index (χ3v) is 8.57. The topological polar surface area (TPSA) is 141 Å². The Morgan fingerprint density at radius 2 is 1.50 bits per heavy atom. The number of aliphatic hydroxyl groups is 2. The lowest BCUT2D eigenvalue weighted by molar-refractivity contribution is -0.253. The van der Waals surface area contributed by atoms with E-state index < -0.39 is 18.3 Å². The first-order chi connectivity index (χ1) is 22.3. The molecular formula is C36H47N3O7. The molecule has 1 aliphatic rings. The highest BCUT2D eigenvalue weighted by Gasteiger charge is 2.34. The summed E-state index contributed by atoms with van der Waals surface area (Å²) in [4.78, 5) is 25.5. The number of hydrogen-bond donors (Lipinski definition) is 5. The van der Waals surface area contributed by atoms with Gasteiger partial charge in [0.15, 0.2) is 6.29 Å². The van der Waals surface area contributed by atoms with Crippen LogP contribution in [-0.2, 0) is 32.2 Å². The summed E-state index contributed by atoms with van der Waals surface area (Å²) in [5.41, 5.74) is 6.14. The molecule has 248 valence electrons. The van der Waals surface area contributed by atoms with Gasteiger partial charge in [0.05, 0.1) is 24.9 Å². The van der Waals surface area contributed by atoms with Crippen LogP contribution in [0.3, 0.4) is 0 Å². The number of carbonyl (C=O) groups is 2. The van der Waals surface area contributed by atoms with Gasteiger partial charge in [-0.05, 0) is 49.1 Å². The van der Waals surface area contributed by atoms with Gasteiger partial charge >= 0.3 is 0 Å². The molecule has 0 aliphatic carbocycles. The van der Waals surface area contributed by atoms with Crippen LogP contribution in [0, 0.1) is 0 Å². The van der Waals surface area contributed by atoms with Crippen LogP contribution in [0.15, 0.2) is 78.9 Å². The fourth-order valence-corrected chi connectivity index (χ4v) is 5.58. The van der Waals surface area contributed by atoms with Crippen molar-refractivity contribution in [3.8, 4) is 0 Å². The van der Waals surface area contributed by atoms with Crippen molar-refractivity contribution < 1.29 is 34.5 Å². The Morgan fingerprint density at radius 1 is 0.870 bits per heavy atom. The van der Waals surface area contributed by atoms with Crippen LogP contribution in [0.2, 0.25) is 0 Å². The minimum Gasteiger partial charge on any atom is -0.392 e. The number of amides is 2. The molecule has 1 saturated heterocycles. The third-order valence-electron chi connectivity index (χ3n) is 8.57. The van der Waals surface area contributed by atoms with E-state index in [9.17, 15) is 19.8 Å². The van der Waals surface area contributed by atoms with E-state index in [1.54, 1.807) is 5.48 Å². The van der Waals surface area contributed by atoms with Gasteiger partial charge in [-0.25, -0.2) is 5.48 Å². The molecule has 3 aromatic carbocycles. The molecule has 0 radical (unpaired) electrons. The maximum Gasteiger partial charge on any atom is 0.243 e. The maximum absolute atomic E-state index is 12.3. The predicted molar refractivity (Wildman–Crippen MR) is 173 cm³/mol. The van der Waals surface area contributed by atoms with Gasteiger partial charge in [-0.15, -0.1) is 0 Å². The highest BCUT2D eigenvalue weighted by molar-refractivity contribution is 5.76. The van der Waals surface area contributed by atoms with Crippen molar-refractivity contribution in [1.82, 2.24) is 15.7 Å². The van der Waals surface area contributed by atoms with E-state index in [0.29, 0.717) is 38.8 Å². The zero-order chi connectivity index (χ0) is 32.9. The molecule has 1 fully saturated rings. The smallest absolute Gasteiger partial charge is 0.243 e. The van der Waals surface area contributed by atoms with Crippen molar-refractivity contribution in [3.05, 3.63) is 107 Å². The zero-order valence-electron chi connectivity index (χ0n) is 26.7. The van der Waals surface area contributed by atoms with E-state index in [0.717, 1.165) is 34.2 Å². The van der Waals surface area contributed by atoms with Crippen molar-refractivity contribution in [2.75, 3.05) is 13.6 Å². The monoisotopic (exact) mass is 633 g/mol. The fraction of sp³-hybridized carbons (Fsp3) is 0.444. The molecule has 4 rings (SSSR count). The number of ether oxygens (including phenoxy) is 2. The van der Waals surface area contributed by atoms with Crippen LogP contribution in [0.1, 0.15) is 91.8 Å². The number of hydroxylamine groups is 1. The largest absolute Gasteiger partial charge is 0.392 e. The highest BCUT2D eigenvalue weighted by atomic mass is 16.7. The summed E-state index contributed by atoms with van der Waals surface area (Å²) >= 11 is 0. The van der Waals surface area contributed by atoms with Crippen LogP contribution < -0.4 is 10.8 Å². The standard InChI is InChI=1S/C36H47N3O7/c1-25(35(43)29-9-5-3-6-10-29)39(2)23-31-21-32(28-17-15-27(24-40)16-18-28)46-36(45-31)30-19-13-26(14-20-30)22-37-33(41)11-7-4-8-12-34(42)38-44/h3,5-6,9-10,13-20,25,31-32,35-36,40,43-44H,4,7-8,11-12,21-24H2,1-2H3,(H,37,41)(H,38,42). The van der Waals surface area contributed by atoms with Gasteiger partial charge in [-0.1, -0.05) is 85.3 Å². The Kier molecular flexibility index (Phi) is 13.7. The second-order valence-electron chi connectivity index (χ2n) is 12.0. The third kappa shape index (κ3) is 10.4. The maximum atomic E-state index is 12.3. The van der Waals surface area contributed by atoms with E-state index in [-0.39, 0.29) is 37.2 Å². The van der Waals surface area contributed by atoms with Crippen LogP contribution in [-0.4, -0.2) is 57.9 Å². The normalized spacial score (nSPS) is 19.4. The summed E-state index contributed by atoms with van der Waals surface area (Å²) in [5.74, 6) is -0.469. The van der Waals surface area contributed by atoms with Crippen molar-refractivity contribution in [3.63, 3.8) is 0 Å². The molecule has 2 amide bonds. The van der Waals surface area contributed by atoms with Gasteiger partial charge in [-0.2, -0.15) is 0 Å². The Balaban J connectivity index is 1.37. The number of carbonyl (C=O) groups excluding carboxylic acids is 2. The molecular weight excluding hydrogens is 586 g/mol. The van der Waals surface area contributed by atoms with E-state index >= 15 is 0 Å². The number of hydrogen-bond acceptors (Lipinski definition) is 8. The number of rotatable bonds is 16. The molecule has 5 N–H and O–H groups in total. The molecule has 0 aromatic heterocycles. The summed E-state index contributed by atoms with van der Waals surface area (Å²) < 4.78 is 13.0. The first-order valence-corrected chi connectivity index (χ1v) is 16.0. The molecule has 10 nitrogen and oxygen atoms in total. The fourth-order valence-electron chi connectivity index (χ4n) is 5.58. The van der Waals surface area contributed by atoms with E-state index in [1.165, 1.54) is 0 Å². The lowest BCUT2D eigenvalue weighted by Crippen LogP contribution is -2.43. The van der Waals surface area contributed by atoms with E-state index in [2.05, 4.69) is 10.2 Å². The molecule has 46 heavy (non-hydrogen) atoms. The average molecular weight is 634 g/mol. The predicted octanol–water partition coefficient (Wildman–Crippen LogP) is 4.85. The number of benzene rings is 3. The summed E-state index contributed by atoms with van der Waals surface area (Å²) in [6.45, 7) is 2.98. The first kappa shape index (κ1) is 35.2. The second-order valence-corrected chi connectivity index (χ2v) is 12.0. The summed E-state index contributed by atoms with van der Waals surface area (Å²) in [7, 11) is 1.99. The summed E-state index contributed by atoms with van der Waals surface area (Å²) in [6.07, 6.45) is 1.61. The van der Waals surface area contributed by atoms with Gasteiger partial charge < -0.3 is 25.0 Å². The van der Waals surface area contributed by atoms with E-state index in [4.69, 9.17) is 14.7 Å². The number of aliphatic hydroxyl groups excluding tert-OH is 2. The summed E-state index contributed by atoms with van der Waals surface area (Å²) in [6, 6.07) is 25.1. The molecule has 0 spiro atoms. The van der Waals surface area contributed by atoms with Crippen LogP contribution in [0.4, 0.5) is 0 Å². The number of nitrogens with zero attached hydrogens (tertiary/aromatic N) is 1. The number of likely N-dealkylation sites (N-methyl/N-ethyl adjacent to an activating group) is 1. The van der Waals surface area contributed by atoms with Gasteiger partial charge in [0.1, 0.15) is 0 Å². The number of nitrogens with one attached hydrogen (secondary N) is 2. The molecule has 10 heteroatoms. The Bertz CT molecular complexity index is 1350. The molecule has 1 heterocycles. The van der Waals surface area contributed by atoms with Crippen molar-refractivity contribution in [2.24, 2.45) is 0 Å². The average Bonchev–Trinajstić information content (AvgIpc) is 3.10. The van der Waals surface area contributed by atoms with Gasteiger partial charge in [0, 0.05) is 44.0 Å². The Morgan fingerprint density at radius 3 is 2.15 bits per heavy atom. The highest BCUT2D eigenvalue weighted by Crippen LogP contribution is 2.38. The van der Waals surface area contributed by atoms with Crippen LogP contribution in [0.5, 0.6) is 0 Å². The minimum atomic E-state index is -0.642. The zero-order valence-corrected chi connectivity index (χ0v) is 26.7. The summed E-state index contributed by atoms with van der Waals surface area (Å²) in [5, 5.41) is 32.0. The van der Waals surface area contributed by atoms with Gasteiger partial charge in [0.25, 0.3) is 0 Å². The Hall–Kier alpha value is -3.64. The van der Waals surface area contributed by atoms with E-state index in [1.807, 2.05) is 92.8 Å². The molecule has 1 aliphatic heterocycles.